The summed E-state index contributed by atoms with van der Waals surface area (Å²) in [7, 11) is 0. The standard InChI is InChI=1S/C13H16BrF3N2/c14-11-7-9(15)1-2-10(11)12(8-13(16)17)19-5-3-18-4-6-19/h1-2,7,12-13,18H,3-6,8H2/t12-/m0/s1. The van der Waals surface area contributed by atoms with Crippen LogP contribution in [0.4, 0.5) is 13.2 Å². The van der Waals surface area contributed by atoms with Crippen LogP contribution in [-0.4, -0.2) is 37.5 Å². The highest BCUT2D eigenvalue weighted by Crippen LogP contribution is 2.33. The van der Waals surface area contributed by atoms with E-state index in [1.54, 1.807) is 6.07 Å². The van der Waals surface area contributed by atoms with Gasteiger partial charge in [0.2, 0.25) is 6.43 Å². The number of hydrogen-bond donors (Lipinski definition) is 1. The third-order valence-corrected chi connectivity index (χ3v) is 4.00. The van der Waals surface area contributed by atoms with Gasteiger partial charge in [-0.05, 0) is 17.7 Å². The second-order valence-corrected chi connectivity index (χ2v) is 5.45. The van der Waals surface area contributed by atoms with E-state index in [1.165, 1.54) is 12.1 Å². The lowest BCUT2D eigenvalue weighted by Crippen LogP contribution is -2.45. The van der Waals surface area contributed by atoms with Gasteiger partial charge in [0.05, 0.1) is 0 Å². The Morgan fingerprint density at radius 3 is 2.53 bits per heavy atom. The van der Waals surface area contributed by atoms with Gasteiger partial charge in [0.15, 0.2) is 0 Å². The van der Waals surface area contributed by atoms with Crippen LogP contribution in [0, 0.1) is 5.82 Å². The van der Waals surface area contributed by atoms with Crippen LogP contribution in [0.3, 0.4) is 0 Å². The molecular formula is C13H16BrF3N2. The molecule has 106 valence electrons. The molecule has 1 aliphatic heterocycles. The van der Waals surface area contributed by atoms with Gasteiger partial charge in [0.25, 0.3) is 0 Å². The van der Waals surface area contributed by atoms with Gasteiger partial charge in [-0.1, -0.05) is 22.0 Å². The normalized spacial score (nSPS) is 18.8. The van der Waals surface area contributed by atoms with Crippen LogP contribution in [0.2, 0.25) is 0 Å². The van der Waals surface area contributed by atoms with Crippen LogP contribution in [0.25, 0.3) is 0 Å². The molecule has 1 aromatic carbocycles. The van der Waals surface area contributed by atoms with Crippen LogP contribution < -0.4 is 5.32 Å². The molecule has 2 rings (SSSR count). The largest absolute Gasteiger partial charge is 0.314 e. The lowest BCUT2D eigenvalue weighted by molar-refractivity contribution is 0.0736. The maximum absolute atomic E-state index is 13.1. The van der Waals surface area contributed by atoms with E-state index in [0.29, 0.717) is 4.47 Å². The Balaban J connectivity index is 2.25. The molecule has 1 N–H and O–H groups in total. The fourth-order valence-corrected chi connectivity index (χ4v) is 3.02. The average Bonchev–Trinajstić information content (AvgIpc) is 2.37. The third-order valence-electron chi connectivity index (χ3n) is 3.32. The minimum atomic E-state index is -2.38. The van der Waals surface area contributed by atoms with Gasteiger partial charge in [-0.25, -0.2) is 13.2 Å². The summed E-state index contributed by atoms with van der Waals surface area (Å²) in [6.07, 6.45) is -2.61. The highest BCUT2D eigenvalue weighted by molar-refractivity contribution is 9.10. The second-order valence-electron chi connectivity index (χ2n) is 4.59. The van der Waals surface area contributed by atoms with Gasteiger partial charge in [-0.2, -0.15) is 0 Å². The van der Waals surface area contributed by atoms with Gasteiger partial charge >= 0.3 is 0 Å². The first-order valence-electron chi connectivity index (χ1n) is 6.26. The van der Waals surface area contributed by atoms with Gasteiger partial charge in [-0.3, -0.25) is 4.90 Å². The molecule has 0 spiro atoms. The van der Waals surface area contributed by atoms with E-state index < -0.39 is 6.43 Å². The SMILES string of the molecule is Fc1ccc([C@H](CC(F)F)N2CCNCC2)c(Br)c1. The lowest BCUT2D eigenvalue weighted by Gasteiger charge is -2.35. The number of rotatable bonds is 4. The molecule has 1 aromatic rings. The fourth-order valence-electron chi connectivity index (χ4n) is 2.41. The lowest BCUT2D eigenvalue weighted by atomic mass is 10.0. The maximum atomic E-state index is 13.1. The smallest absolute Gasteiger partial charge is 0.240 e. The number of benzene rings is 1. The molecule has 1 saturated heterocycles. The molecule has 1 fully saturated rings. The molecule has 1 aliphatic rings. The summed E-state index contributed by atoms with van der Waals surface area (Å²) >= 11 is 3.28. The first-order chi connectivity index (χ1) is 9.08. The number of nitrogens with zero attached hydrogens (tertiary/aromatic N) is 1. The highest BCUT2D eigenvalue weighted by Gasteiger charge is 2.26. The van der Waals surface area contributed by atoms with E-state index >= 15 is 0 Å². The number of piperazine rings is 1. The molecule has 0 radical (unpaired) electrons. The molecule has 0 saturated carbocycles. The number of hydrogen-bond acceptors (Lipinski definition) is 2. The zero-order valence-corrected chi connectivity index (χ0v) is 12.0. The first kappa shape index (κ1) is 14.8. The Kier molecular flexibility index (Phi) is 5.24. The van der Waals surface area contributed by atoms with Gasteiger partial charge in [0, 0.05) is 43.1 Å². The van der Waals surface area contributed by atoms with Crippen molar-refractivity contribution in [3.8, 4) is 0 Å². The van der Waals surface area contributed by atoms with Gasteiger partial charge in [0.1, 0.15) is 5.82 Å². The Labute approximate surface area is 119 Å². The molecule has 2 nitrogen and oxygen atoms in total. The summed E-state index contributed by atoms with van der Waals surface area (Å²) in [6.45, 7) is 3.03. The third kappa shape index (κ3) is 3.94. The van der Waals surface area contributed by atoms with Crippen LogP contribution in [0.1, 0.15) is 18.0 Å². The molecule has 0 aromatic heterocycles. The molecule has 0 amide bonds. The van der Waals surface area contributed by atoms with Gasteiger partial charge in [-0.15, -0.1) is 0 Å². The van der Waals surface area contributed by atoms with E-state index in [1.807, 2.05) is 4.90 Å². The highest BCUT2D eigenvalue weighted by atomic mass is 79.9. The summed E-state index contributed by atoms with van der Waals surface area (Å²) in [4.78, 5) is 2.03. The van der Waals surface area contributed by atoms with Crippen molar-refractivity contribution in [2.75, 3.05) is 26.2 Å². The summed E-state index contributed by atoms with van der Waals surface area (Å²) in [5.74, 6) is -0.369. The van der Waals surface area contributed by atoms with E-state index in [0.717, 1.165) is 31.7 Å². The molecule has 6 heteroatoms. The molecular weight excluding hydrogens is 321 g/mol. The monoisotopic (exact) mass is 336 g/mol. The zero-order chi connectivity index (χ0) is 13.8. The van der Waals surface area contributed by atoms with E-state index in [9.17, 15) is 13.2 Å². The Bertz CT molecular complexity index is 422. The number of alkyl halides is 2. The Morgan fingerprint density at radius 2 is 1.95 bits per heavy atom. The molecule has 0 unspecified atom stereocenters. The fraction of sp³-hybridized carbons (Fsp3) is 0.538. The Morgan fingerprint density at radius 1 is 1.26 bits per heavy atom. The van der Waals surface area contributed by atoms with E-state index in [2.05, 4.69) is 21.2 Å². The van der Waals surface area contributed by atoms with Crippen LogP contribution in [0.15, 0.2) is 22.7 Å². The molecule has 19 heavy (non-hydrogen) atoms. The van der Waals surface area contributed by atoms with Crippen molar-refractivity contribution < 1.29 is 13.2 Å². The molecule has 0 bridgehead atoms. The van der Waals surface area contributed by atoms with Crippen LogP contribution >= 0.6 is 15.9 Å². The average molecular weight is 337 g/mol. The van der Waals surface area contributed by atoms with Crippen molar-refractivity contribution in [2.24, 2.45) is 0 Å². The summed E-state index contributed by atoms with van der Waals surface area (Å²) < 4.78 is 39.3. The van der Waals surface area contributed by atoms with Crippen molar-refractivity contribution in [2.45, 2.75) is 18.9 Å². The summed E-state index contributed by atoms with van der Waals surface area (Å²) in [6, 6.07) is 3.86. The van der Waals surface area contributed by atoms with Crippen molar-refractivity contribution in [1.29, 1.82) is 0 Å². The number of nitrogens with one attached hydrogen (secondary N) is 1. The number of halogens is 4. The molecule has 1 heterocycles. The second kappa shape index (κ2) is 6.72. The topological polar surface area (TPSA) is 15.3 Å². The quantitative estimate of drug-likeness (QED) is 0.908. The minimum Gasteiger partial charge on any atom is -0.314 e. The Hall–Kier alpha value is -0.590. The first-order valence-corrected chi connectivity index (χ1v) is 7.05. The van der Waals surface area contributed by atoms with Crippen molar-refractivity contribution in [3.63, 3.8) is 0 Å². The van der Waals surface area contributed by atoms with E-state index in [4.69, 9.17) is 0 Å². The van der Waals surface area contributed by atoms with Crippen LogP contribution in [0.5, 0.6) is 0 Å². The predicted molar refractivity (Wildman–Crippen MR) is 71.9 cm³/mol. The minimum absolute atomic E-state index is 0.232. The summed E-state index contributed by atoms with van der Waals surface area (Å²) in [5.41, 5.74) is 0.726. The zero-order valence-electron chi connectivity index (χ0n) is 10.4. The molecule has 1 atom stereocenters. The van der Waals surface area contributed by atoms with E-state index in [-0.39, 0.29) is 18.3 Å². The van der Waals surface area contributed by atoms with Crippen molar-refractivity contribution >= 4 is 15.9 Å². The molecule has 0 aliphatic carbocycles. The van der Waals surface area contributed by atoms with Crippen LogP contribution in [-0.2, 0) is 0 Å². The van der Waals surface area contributed by atoms with Crippen molar-refractivity contribution in [3.05, 3.63) is 34.1 Å². The predicted octanol–water partition coefficient (Wildman–Crippen LogP) is 3.19. The maximum Gasteiger partial charge on any atom is 0.240 e. The van der Waals surface area contributed by atoms with Gasteiger partial charge < -0.3 is 5.32 Å². The van der Waals surface area contributed by atoms with Crippen molar-refractivity contribution in [1.82, 2.24) is 10.2 Å². The summed E-state index contributed by atoms with van der Waals surface area (Å²) in [5, 5.41) is 3.20.